The summed E-state index contributed by atoms with van der Waals surface area (Å²) in [6, 6.07) is 14.8. The Morgan fingerprint density at radius 3 is 2.38 bits per heavy atom. The van der Waals surface area contributed by atoms with Gasteiger partial charge in [0.2, 0.25) is 5.91 Å². The molecule has 0 atom stereocenters. The van der Waals surface area contributed by atoms with Crippen LogP contribution in [0.5, 0.6) is 5.75 Å². The number of benzene rings is 2. The van der Waals surface area contributed by atoms with Crippen molar-refractivity contribution in [3.05, 3.63) is 54.1 Å². The highest BCUT2D eigenvalue weighted by atomic mass is 32.1. The van der Waals surface area contributed by atoms with Gasteiger partial charge in [0, 0.05) is 49.5 Å². The summed E-state index contributed by atoms with van der Waals surface area (Å²) in [7, 11) is 1.55. The molecular formula is C24H30N4O3S. The summed E-state index contributed by atoms with van der Waals surface area (Å²) in [6.45, 7) is 7.24. The Morgan fingerprint density at radius 1 is 1.06 bits per heavy atom. The molecule has 1 saturated heterocycles. The number of ether oxygens (including phenoxy) is 1. The zero-order valence-corrected chi connectivity index (χ0v) is 19.6. The van der Waals surface area contributed by atoms with Gasteiger partial charge in [0.1, 0.15) is 5.75 Å². The number of carbonyl (C=O) groups excluding carboxylic acids is 2. The van der Waals surface area contributed by atoms with Crippen molar-refractivity contribution in [3.63, 3.8) is 0 Å². The molecule has 170 valence electrons. The largest absolute Gasteiger partial charge is 0.497 e. The van der Waals surface area contributed by atoms with Crippen molar-refractivity contribution in [2.45, 2.75) is 20.3 Å². The van der Waals surface area contributed by atoms with Crippen LogP contribution in [-0.4, -0.2) is 55.1 Å². The van der Waals surface area contributed by atoms with E-state index in [9.17, 15) is 9.59 Å². The topological polar surface area (TPSA) is 73.9 Å². The summed E-state index contributed by atoms with van der Waals surface area (Å²) in [5.41, 5.74) is 2.35. The third-order valence-electron chi connectivity index (χ3n) is 5.26. The Balaban J connectivity index is 1.50. The second-order valence-electron chi connectivity index (χ2n) is 8.15. The number of thiocarbonyl (C=S) groups is 1. The van der Waals surface area contributed by atoms with E-state index in [4.69, 9.17) is 17.0 Å². The zero-order valence-electron chi connectivity index (χ0n) is 18.8. The molecule has 0 radical (unpaired) electrons. The maximum absolute atomic E-state index is 12.4. The highest BCUT2D eigenvalue weighted by Crippen LogP contribution is 2.20. The third-order valence-corrected chi connectivity index (χ3v) is 5.47. The predicted molar refractivity (Wildman–Crippen MR) is 131 cm³/mol. The van der Waals surface area contributed by atoms with Crippen LogP contribution < -0.4 is 20.3 Å². The Kier molecular flexibility index (Phi) is 8.05. The number of hydrogen-bond acceptors (Lipinski definition) is 5. The van der Waals surface area contributed by atoms with Gasteiger partial charge in [-0.15, -0.1) is 0 Å². The smallest absolute Gasteiger partial charge is 0.257 e. The number of methoxy groups -OCH3 is 1. The van der Waals surface area contributed by atoms with Crippen molar-refractivity contribution in [2.75, 3.05) is 43.5 Å². The van der Waals surface area contributed by atoms with Crippen LogP contribution in [0, 0.1) is 5.92 Å². The lowest BCUT2D eigenvalue weighted by Gasteiger charge is -2.36. The summed E-state index contributed by atoms with van der Waals surface area (Å²) >= 11 is 5.28. The Bertz CT molecular complexity index is 954. The highest BCUT2D eigenvalue weighted by Gasteiger charge is 2.21. The molecule has 0 bridgehead atoms. The molecule has 2 aromatic carbocycles. The minimum atomic E-state index is -0.303. The van der Waals surface area contributed by atoms with Gasteiger partial charge in [-0.3, -0.25) is 14.9 Å². The number of amides is 2. The van der Waals surface area contributed by atoms with Crippen LogP contribution in [0.15, 0.2) is 48.5 Å². The Morgan fingerprint density at radius 2 is 1.75 bits per heavy atom. The van der Waals surface area contributed by atoms with E-state index in [-0.39, 0.29) is 16.9 Å². The molecular weight excluding hydrogens is 424 g/mol. The van der Waals surface area contributed by atoms with Crippen LogP contribution in [-0.2, 0) is 4.79 Å². The number of nitrogens with one attached hydrogen (secondary N) is 2. The van der Waals surface area contributed by atoms with Gasteiger partial charge in [-0.25, -0.2) is 0 Å². The molecule has 2 aromatic rings. The maximum atomic E-state index is 12.4. The fraction of sp³-hybridized carbons (Fsp3) is 0.375. The van der Waals surface area contributed by atoms with E-state index in [0.29, 0.717) is 23.7 Å². The SMILES string of the molecule is COc1cccc(C(=O)NC(=S)Nc2ccc(N3CCN(C(=O)CC(C)C)CC3)cc2)c1. The quantitative estimate of drug-likeness (QED) is 0.651. The highest BCUT2D eigenvalue weighted by molar-refractivity contribution is 7.80. The Hall–Kier alpha value is -3.13. The number of anilines is 2. The van der Waals surface area contributed by atoms with Gasteiger partial charge in [0.25, 0.3) is 5.91 Å². The molecule has 0 saturated carbocycles. The van der Waals surface area contributed by atoms with E-state index in [1.54, 1.807) is 31.4 Å². The molecule has 0 unspecified atom stereocenters. The molecule has 0 spiro atoms. The summed E-state index contributed by atoms with van der Waals surface area (Å²) in [6.07, 6.45) is 0.606. The first kappa shape index (κ1) is 23.5. The second-order valence-corrected chi connectivity index (χ2v) is 8.56. The van der Waals surface area contributed by atoms with Crippen molar-refractivity contribution in [1.82, 2.24) is 10.2 Å². The van der Waals surface area contributed by atoms with Crippen LogP contribution in [0.25, 0.3) is 0 Å². The number of rotatable bonds is 6. The van der Waals surface area contributed by atoms with Gasteiger partial charge in [-0.1, -0.05) is 19.9 Å². The lowest BCUT2D eigenvalue weighted by molar-refractivity contribution is -0.132. The number of carbonyl (C=O) groups is 2. The molecule has 0 aliphatic carbocycles. The Labute approximate surface area is 194 Å². The first-order valence-corrected chi connectivity index (χ1v) is 11.2. The van der Waals surface area contributed by atoms with Crippen molar-refractivity contribution in [3.8, 4) is 5.75 Å². The second kappa shape index (κ2) is 10.9. The predicted octanol–water partition coefficient (Wildman–Crippen LogP) is 3.52. The minimum absolute atomic E-state index is 0.225. The molecule has 1 heterocycles. The van der Waals surface area contributed by atoms with Crippen LogP contribution in [0.2, 0.25) is 0 Å². The minimum Gasteiger partial charge on any atom is -0.497 e. The van der Waals surface area contributed by atoms with Gasteiger partial charge in [-0.05, 0) is 60.6 Å². The van der Waals surface area contributed by atoms with E-state index in [1.165, 1.54) is 0 Å². The normalized spacial score (nSPS) is 13.6. The van der Waals surface area contributed by atoms with Gasteiger partial charge < -0.3 is 19.9 Å². The molecule has 2 N–H and O–H groups in total. The zero-order chi connectivity index (χ0) is 23.1. The number of piperazine rings is 1. The number of hydrogen-bond donors (Lipinski definition) is 2. The third kappa shape index (κ3) is 6.43. The van der Waals surface area contributed by atoms with Gasteiger partial charge in [0.05, 0.1) is 7.11 Å². The van der Waals surface area contributed by atoms with Gasteiger partial charge >= 0.3 is 0 Å². The number of nitrogens with zero attached hydrogens (tertiary/aromatic N) is 2. The maximum Gasteiger partial charge on any atom is 0.257 e. The summed E-state index contributed by atoms with van der Waals surface area (Å²) in [5, 5.41) is 5.94. The van der Waals surface area contributed by atoms with E-state index in [2.05, 4.69) is 29.4 Å². The van der Waals surface area contributed by atoms with E-state index < -0.39 is 0 Å². The van der Waals surface area contributed by atoms with Crippen molar-refractivity contribution in [1.29, 1.82) is 0 Å². The fourth-order valence-electron chi connectivity index (χ4n) is 3.55. The van der Waals surface area contributed by atoms with E-state index in [1.807, 2.05) is 29.2 Å². The average molecular weight is 455 g/mol. The van der Waals surface area contributed by atoms with Crippen molar-refractivity contribution >= 4 is 40.5 Å². The van der Waals surface area contributed by atoms with Crippen LogP contribution >= 0.6 is 12.2 Å². The summed E-state index contributed by atoms with van der Waals surface area (Å²) < 4.78 is 5.15. The van der Waals surface area contributed by atoms with Crippen LogP contribution in [0.1, 0.15) is 30.6 Å². The molecule has 8 heteroatoms. The molecule has 32 heavy (non-hydrogen) atoms. The summed E-state index contributed by atoms with van der Waals surface area (Å²) in [5.74, 6) is 0.927. The average Bonchev–Trinajstić information content (AvgIpc) is 2.79. The van der Waals surface area contributed by atoms with Gasteiger partial charge in [0.15, 0.2) is 5.11 Å². The standard InChI is InChI=1S/C24H30N4O3S/c1-17(2)15-22(29)28-13-11-27(12-14-28)20-9-7-19(8-10-20)25-24(32)26-23(30)18-5-4-6-21(16-18)31-3/h4-10,16-17H,11-15H2,1-3H3,(H2,25,26,30,32). The van der Waals surface area contributed by atoms with E-state index in [0.717, 1.165) is 37.6 Å². The molecule has 1 aliphatic heterocycles. The molecule has 3 rings (SSSR count). The van der Waals surface area contributed by atoms with Crippen LogP contribution in [0.3, 0.4) is 0 Å². The van der Waals surface area contributed by atoms with E-state index >= 15 is 0 Å². The monoisotopic (exact) mass is 454 g/mol. The molecule has 1 fully saturated rings. The lowest BCUT2D eigenvalue weighted by atomic mass is 10.1. The van der Waals surface area contributed by atoms with Gasteiger partial charge in [-0.2, -0.15) is 0 Å². The molecule has 7 nitrogen and oxygen atoms in total. The van der Waals surface area contributed by atoms with Crippen molar-refractivity contribution in [2.24, 2.45) is 5.92 Å². The summed E-state index contributed by atoms with van der Waals surface area (Å²) in [4.78, 5) is 28.9. The lowest BCUT2D eigenvalue weighted by Crippen LogP contribution is -2.49. The molecule has 0 aromatic heterocycles. The first-order valence-electron chi connectivity index (χ1n) is 10.7. The first-order chi connectivity index (χ1) is 15.4. The molecule has 1 aliphatic rings. The van der Waals surface area contributed by atoms with Crippen molar-refractivity contribution < 1.29 is 14.3 Å². The fourth-order valence-corrected chi connectivity index (χ4v) is 3.76. The molecule has 2 amide bonds. The van der Waals surface area contributed by atoms with Crippen LogP contribution in [0.4, 0.5) is 11.4 Å².